The van der Waals surface area contributed by atoms with Crippen molar-refractivity contribution in [3.05, 3.63) is 28.8 Å². The number of hydrogen-bond acceptors (Lipinski definition) is 2. The van der Waals surface area contributed by atoms with Gasteiger partial charge >= 0.3 is 0 Å². The summed E-state index contributed by atoms with van der Waals surface area (Å²) in [5.41, 5.74) is 10.2. The fourth-order valence-electron chi connectivity index (χ4n) is 2.82. The standard InChI is InChI=1S/C13H17NOS/c1-8-7-16(15)12-6-10-4-2-3-9(10)5-11(12)13(8)14/h5-6,8,13H,2-4,7,14H2,1H3. The number of fused-ring (bicyclic) bond motifs is 2. The third kappa shape index (κ3) is 1.45. The molecule has 2 N–H and O–H groups in total. The largest absolute Gasteiger partial charge is 0.324 e. The molecule has 3 atom stereocenters. The van der Waals surface area contributed by atoms with Crippen LogP contribution in [0, 0.1) is 5.92 Å². The van der Waals surface area contributed by atoms with Gasteiger partial charge in [-0.1, -0.05) is 13.0 Å². The van der Waals surface area contributed by atoms with E-state index in [1.807, 2.05) is 0 Å². The molecule has 0 amide bonds. The predicted octanol–water partition coefficient (Wildman–Crippen LogP) is 1.93. The molecule has 3 heteroatoms. The van der Waals surface area contributed by atoms with Gasteiger partial charge in [0.05, 0.1) is 10.8 Å². The van der Waals surface area contributed by atoms with Gasteiger partial charge in [-0.2, -0.15) is 0 Å². The first-order valence-corrected chi connectivity index (χ1v) is 7.28. The summed E-state index contributed by atoms with van der Waals surface area (Å²) in [6.45, 7) is 2.10. The highest BCUT2D eigenvalue weighted by atomic mass is 32.2. The quantitative estimate of drug-likeness (QED) is 0.746. The Morgan fingerprint density at radius 1 is 1.31 bits per heavy atom. The van der Waals surface area contributed by atoms with Crippen LogP contribution >= 0.6 is 0 Å². The van der Waals surface area contributed by atoms with Crippen molar-refractivity contribution in [2.75, 3.05) is 5.75 Å². The lowest BCUT2D eigenvalue weighted by Crippen LogP contribution is -2.30. The summed E-state index contributed by atoms with van der Waals surface area (Å²) < 4.78 is 12.1. The second-order valence-corrected chi connectivity index (χ2v) is 6.49. The van der Waals surface area contributed by atoms with Gasteiger partial charge in [-0.25, -0.2) is 0 Å². The topological polar surface area (TPSA) is 43.1 Å². The molecule has 1 heterocycles. The van der Waals surface area contributed by atoms with Gasteiger partial charge in [-0.3, -0.25) is 4.21 Å². The van der Waals surface area contributed by atoms with Crippen molar-refractivity contribution in [1.29, 1.82) is 0 Å². The number of aryl methyl sites for hydroxylation is 2. The van der Waals surface area contributed by atoms with Crippen LogP contribution in [0.2, 0.25) is 0 Å². The number of rotatable bonds is 0. The second kappa shape index (κ2) is 3.67. The van der Waals surface area contributed by atoms with Crippen molar-refractivity contribution in [2.24, 2.45) is 11.7 Å². The van der Waals surface area contributed by atoms with E-state index in [0.717, 1.165) is 23.3 Å². The molecule has 0 fully saturated rings. The van der Waals surface area contributed by atoms with Crippen LogP contribution in [0.4, 0.5) is 0 Å². The highest BCUT2D eigenvalue weighted by molar-refractivity contribution is 7.85. The van der Waals surface area contributed by atoms with Crippen LogP contribution in [0.5, 0.6) is 0 Å². The minimum absolute atomic E-state index is 0.0681. The molecule has 1 aliphatic heterocycles. The average Bonchev–Trinajstić information content (AvgIpc) is 2.71. The van der Waals surface area contributed by atoms with Crippen LogP contribution in [0.3, 0.4) is 0 Å². The van der Waals surface area contributed by atoms with Crippen molar-refractivity contribution < 1.29 is 4.21 Å². The molecule has 3 rings (SSSR count). The first-order chi connectivity index (χ1) is 7.66. The lowest BCUT2D eigenvalue weighted by atomic mass is 9.93. The minimum atomic E-state index is -0.838. The van der Waals surface area contributed by atoms with E-state index < -0.39 is 10.8 Å². The molecule has 86 valence electrons. The summed E-state index contributed by atoms with van der Waals surface area (Å²) in [6, 6.07) is 4.44. The molecule has 0 radical (unpaired) electrons. The Bertz CT molecular complexity index is 469. The average molecular weight is 235 g/mol. The summed E-state index contributed by atoms with van der Waals surface area (Å²) in [5, 5.41) is 0. The molecule has 16 heavy (non-hydrogen) atoms. The maximum atomic E-state index is 12.1. The Morgan fingerprint density at radius 3 is 2.75 bits per heavy atom. The maximum absolute atomic E-state index is 12.1. The summed E-state index contributed by atoms with van der Waals surface area (Å²) >= 11 is 0. The first kappa shape index (κ1) is 10.5. The van der Waals surface area contributed by atoms with Gasteiger partial charge in [-0.05, 0) is 47.9 Å². The van der Waals surface area contributed by atoms with Gasteiger partial charge in [0, 0.05) is 16.7 Å². The molecule has 0 aromatic heterocycles. The van der Waals surface area contributed by atoms with Crippen LogP contribution in [-0.4, -0.2) is 9.96 Å². The Balaban J connectivity index is 2.17. The van der Waals surface area contributed by atoms with E-state index in [4.69, 9.17) is 5.73 Å². The van der Waals surface area contributed by atoms with Crippen LogP contribution in [0.15, 0.2) is 17.0 Å². The van der Waals surface area contributed by atoms with E-state index in [2.05, 4.69) is 19.1 Å². The van der Waals surface area contributed by atoms with Crippen molar-refractivity contribution in [3.63, 3.8) is 0 Å². The van der Waals surface area contributed by atoms with Gasteiger partial charge < -0.3 is 5.73 Å². The zero-order valence-electron chi connectivity index (χ0n) is 9.53. The Kier molecular flexibility index (Phi) is 2.41. The van der Waals surface area contributed by atoms with Crippen molar-refractivity contribution in [3.8, 4) is 0 Å². The predicted molar refractivity (Wildman–Crippen MR) is 65.8 cm³/mol. The fraction of sp³-hybridized carbons (Fsp3) is 0.538. The number of nitrogens with two attached hydrogens (primary N) is 1. The zero-order valence-corrected chi connectivity index (χ0v) is 10.3. The molecule has 1 aromatic rings. The van der Waals surface area contributed by atoms with Gasteiger partial charge in [0.25, 0.3) is 0 Å². The third-order valence-corrected chi connectivity index (χ3v) is 5.53. The zero-order chi connectivity index (χ0) is 11.3. The van der Waals surface area contributed by atoms with Crippen molar-refractivity contribution in [1.82, 2.24) is 0 Å². The molecule has 0 spiro atoms. The lowest BCUT2D eigenvalue weighted by molar-refractivity contribution is 0.496. The lowest BCUT2D eigenvalue weighted by Gasteiger charge is -2.28. The van der Waals surface area contributed by atoms with Crippen LogP contribution in [-0.2, 0) is 23.6 Å². The molecule has 3 unspecified atom stereocenters. The fourth-order valence-corrected chi connectivity index (χ4v) is 4.41. The summed E-state index contributed by atoms with van der Waals surface area (Å²) in [6.07, 6.45) is 3.54. The van der Waals surface area contributed by atoms with Crippen molar-refractivity contribution in [2.45, 2.75) is 37.1 Å². The van der Waals surface area contributed by atoms with E-state index in [9.17, 15) is 4.21 Å². The van der Waals surface area contributed by atoms with E-state index in [1.54, 1.807) is 0 Å². The van der Waals surface area contributed by atoms with E-state index in [1.165, 1.54) is 17.5 Å². The molecular weight excluding hydrogens is 218 g/mol. The van der Waals surface area contributed by atoms with Crippen molar-refractivity contribution >= 4 is 10.8 Å². The molecule has 0 saturated carbocycles. The smallest absolute Gasteiger partial charge is 0.0536 e. The van der Waals surface area contributed by atoms with Crippen LogP contribution in [0.25, 0.3) is 0 Å². The highest BCUT2D eigenvalue weighted by Crippen LogP contribution is 2.36. The highest BCUT2D eigenvalue weighted by Gasteiger charge is 2.29. The monoisotopic (exact) mass is 235 g/mol. The summed E-state index contributed by atoms with van der Waals surface area (Å²) in [4.78, 5) is 1.01. The Morgan fingerprint density at radius 2 is 2.00 bits per heavy atom. The van der Waals surface area contributed by atoms with E-state index in [-0.39, 0.29) is 6.04 Å². The molecule has 1 aliphatic carbocycles. The van der Waals surface area contributed by atoms with Gasteiger partial charge in [0.2, 0.25) is 0 Å². The Hall–Kier alpha value is -0.670. The molecule has 0 bridgehead atoms. The second-order valence-electron chi connectivity index (χ2n) is 5.03. The summed E-state index contributed by atoms with van der Waals surface area (Å²) in [5.74, 6) is 1.04. The maximum Gasteiger partial charge on any atom is 0.0536 e. The Labute approximate surface area is 98.7 Å². The first-order valence-electron chi connectivity index (χ1n) is 5.96. The number of benzene rings is 1. The van der Waals surface area contributed by atoms with Gasteiger partial charge in [-0.15, -0.1) is 0 Å². The van der Waals surface area contributed by atoms with Crippen LogP contribution < -0.4 is 5.73 Å². The molecule has 2 aliphatic rings. The molecule has 2 nitrogen and oxygen atoms in total. The molecular formula is C13H17NOS. The van der Waals surface area contributed by atoms with E-state index in [0.29, 0.717) is 11.7 Å². The molecule has 1 aromatic carbocycles. The van der Waals surface area contributed by atoms with E-state index >= 15 is 0 Å². The normalized spacial score (nSPS) is 32.2. The minimum Gasteiger partial charge on any atom is -0.324 e. The number of hydrogen-bond donors (Lipinski definition) is 1. The van der Waals surface area contributed by atoms with Gasteiger partial charge in [0.15, 0.2) is 0 Å². The molecule has 0 saturated heterocycles. The van der Waals surface area contributed by atoms with Gasteiger partial charge in [0.1, 0.15) is 0 Å². The van der Waals surface area contributed by atoms with Crippen LogP contribution in [0.1, 0.15) is 36.1 Å². The SMILES string of the molecule is CC1CS(=O)c2cc3c(cc2C1N)CCC3. The third-order valence-electron chi connectivity index (χ3n) is 3.86. The summed E-state index contributed by atoms with van der Waals surface area (Å²) in [7, 11) is -0.838.